The Hall–Kier alpha value is -0.570. The SMILES string of the molecule is CC(=O)O[C@@H]1CCC[C@]1(C)O. The molecule has 0 spiro atoms. The van der Waals surface area contributed by atoms with Gasteiger partial charge in [0.2, 0.25) is 0 Å². The molecule has 0 aromatic carbocycles. The van der Waals surface area contributed by atoms with E-state index in [-0.39, 0.29) is 12.1 Å². The monoisotopic (exact) mass is 158 g/mol. The molecular formula is C8H14O3. The lowest BCUT2D eigenvalue weighted by atomic mass is 10.0. The third-order valence-electron chi connectivity index (χ3n) is 2.15. The van der Waals surface area contributed by atoms with Crippen LogP contribution in [0.2, 0.25) is 0 Å². The summed E-state index contributed by atoms with van der Waals surface area (Å²) in [6, 6.07) is 0. The van der Waals surface area contributed by atoms with Crippen LogP contribution in [0, 0.1) is 0 Å². The summed E-state index contributed by atoms with van der Waals surface area (Å²) >= 11 is 0. The molecule has 1 saturated carbocycles. The summed E-state index contributed by atoms with van der Waals surface area (Å²) in [5.41, 5.74) is -0.800. The normalized spacial score (nSPS) is 37.2. The molecule has 0 heterocycles. The van der Waals surface area contributed by atoms with E-state index in [1.807, 2.05) is 0 Å². The number of hydrogen-bond donors (Lipinski definition) is 1. The van der Waals surface area contributed by atoms with Crippen molar-refractivity contribution in [2.45, 2.75) is 44.8 Å². The average molecular weight is 158 g/mol. The number of carbonyl (C=O) groups excluding carboxylic acids is 1. The van der Waals surface area contributed by atoms with Gasteiger partial charge in [-0.2, -0.15) is 0 Å². The molecule has 1 rings (SSSR count). The van der Waals surface area contributed by atoms with E-state index in [1.54, 1.807) is 6.92 Å². The van der Waals surface area contributed by atoms with Gasteiger partial charge in [-0.1, -0.05) is 0 Å². The highest BCUT2D eigenvalue weighted by Crippen LogP contribution is 2.31. The third kappa shape index (κ3) is 1.93. The second-order valence-electron chi connectivity index (χ2n) is 3.35. The Bertz CT molecular complexity index is 163. The van der Waals surface area contributed by atoms with Gasteiger partial charge in [0.05, 0.1) is 5.60 Å². The zero-order valence-corrected chi connectivity index (χ0v) is 6.96. The maximum atomic E-state index is 10.6. The summed E-state index contributed by atoms with van der Waals surface area (Å²) < 4.78 is 4.94. The van der Waals surface area contributed by atoms with Gasteiger partial charge in [-0.05, 0) is 26.2 Å². The lowest BCUT2D eigenvalue weighted by molar-refractivity contribution is -0.157. The van der Waals surface area contributed by atoms with Crippen molar-refractivity contribution in [1.29, 1.82) is 0 Å². The third-order valence-corrected chi connectivity index (χ3v) is 2.15. The van der Waals surface area contributed by atoms with Crippen LogP contribution in [0.15, 0.2) is 0 Å². The van der Waals surface area contributed by atoms with Crippen molar-refractivity contribution in [1.82, 2.24) is 0 Å². The van der Waals surface area contributed by atoms with Gasteiger partial charge in [-0.3, -0.25) is 4.79 Å². The highest BCUT2D eigenvalue weighted by atomic mass is 16.6. The smallest absolute Gasteiger partial charge is 0.303 e. The molecule has 0 aromatic rings. The number of rotatable bonds is 1. The topological polar surface area (TPSA) is 46.5 Å². The van der Waals surface area contributed by atoms with Crippen molar-refractivity contribution < 1.29 is 14.6 Å². The van der Waals surface area contributed by atoms with Crippen molar-refractivity contribution >= 4 is 5.97 Å². The molecule has 0 aromatic heterocycles. The van der Waals surface area contributed by atoms with Gasteiger partial charge in [0.25, 0.3) is 0 Å². The van der Waals surface area contributed by atoms with Crippen LogP contribution in [0.3, 0.4) is 0 Å². The number of carbonyl (C=O) groups is 1. The van der Waals surface area contributed by atoms with Crippen LogP contribution < -0.4 is 0 Å². The molecule has 3 heteroatoms. The van der Waals surface area contributed by atoms with Gasteiger partial charge in [0, 0.05) is 6.92 Å². The van der Waals surface area contributed by atoms with Crippen molar-refractivity contribution in [3.63, 3.8) is 0 Å². The van der Waals surface area contributed by atoms with E-state index in [2.05, 4.69) is 0 Å². The van der Waals surface area contributed by atoms with E-state index in [0.29, 0.717) is 0 Å². The zero-order chi connectivity index (χ0) is 8.48. The van der Waals surface area contributed by atoms with Gasteiger partial charge >= 0.3 is 5.97 Å². The summed E-state index contributed by atoms with van der Waals surface area (Å²) in [5.74, 6) is -0.308. The number of hydrogen-bond acceptors (Lipinski definition) is 3. The van der Waals surface area contributed by atoms with Gasteiger partial charge in [0.15, 0.2) is 0 Å². The van der Waals surface area contributed by atoms with Gasteiger partial charge in [-0.25, -0.2) is 0 Å². The lowest BCUT2D eigenvalue weighted by Crippen LogP contribution is -2.36. The van der Waals surface area contributed by atoms with E-state index in [1.165, 1.54) is 6.92 Å². The van der Waals surface area contributed by atoms with Gasteiger partial charge in [-0.15, -0.1) is 0 Å². The molecule has 0 radical (unpaired) electrons. The second kappa shape index (κ2) is 2.81. The molecule has 11 heavy (non-hydrogen) atoms. The Kier molecular flexibility index (Phi) is 2.18. The first kappa shape index (κ1) is 8.53. The molecule has 3 nitrogen and oxygen atoms in total. The molecule has 1 aliphatic carbocycles. The second-order valence-corrected chi connectivity index (χ2v) is 3.35. The molecule has 0 unspecified atom stereocenters. The minimum atomic E-state index is -0.800. The fraction of sp³-hybridized carbons (Fsp3) is 0.875. The average Bonchev–Trinajstić information content (AvgIpc) is 2.10. The van der Waals surface area contributed by atoms with Crippen molar-refractivity contribution in [2.75, 3.05) is 0 Å². The first-order valence-corrected chi connectivity index (χ1v) is 3.92. The highest BCUT2D eigenvalue weighted by Gasteiger charge is 2.38. The van der Waals surface area contributed by atoms with Crippen LogP contribution in [-0.4, -0.2) is 22.8 Å². The quantitative estimate of drug-likeness (QED) is 0.575. The molecule has 0 aliphatic heterocycles. The fourth-order valence-electron chi connectivity index (χ4n) is 1.50. The van der Waals surface area contributed by atoms with Crippen molar-refractivity contribution in [3.8, 4) is 0 Å². The Labute approximate surface area is 66.4 Å². The molecule has 1 aliphatic rings. The summed E-state index contributed by atoms with van der Waals surface area (Å²) in [6.07, 6.45) is 2.16. The molecule has 64 valence electrons. The standard InChI is InChI=1S/C8H14O3/c1-6(9)11-7-4-3-5-8(7,2)10/h7,10H,3-5H2,1-2H3/t7-,8+/m1/s1. The molecule has 0 bridgehead atoms. The summed E-state index contributed by atoms with van der Waals surface area (Å²) in [4.78, 5) is 10.6. The largest absolute Gasteiger partial charge is 0.460 e. The predicted molar refractivity (Wildman–Crippen MR) is 40.0 cm³/mol. The Morgan fingerprint density at radius 1 is 1.73 bits per heavy atom. The molecule has 0 saturated heterocycles. The maximum Gasteiger partial charge on any atom is 0.303 e. The van der Waals surface area contributed by atoms with Gasteiger partial charge < -0.3 is 9.84 Å². The van der Waals surface area contributed by atoms with Crippen LogP contribution >= 0.6 is 0 Å². The van der Waals surface area contributed by atoms with Gasteiger partial charge in [0.1, 0.15) is 6.10 Å². The van der Waals surface area contributed by atoms with E-state index in [4.69, 9.17) is 4.74 Å². The predicted octanol–water partition coefficient (Wildman–Crippen LogP) is 0.853. The maximum absolute atomic E-state index is 10.6. The van der Waals surface area contributed by atoms with Crippen molar-refractivity contribution in [3.05, 3.63) is 0 Å². The summed E-state index contributed by atoms with van der Waals surface area (Å²) in [5, 5.41) is 9.63. The van der Waals surface area contributed by atoms with Crippen LogP contribution in [-0.2, 0) is 9.53 Å². The van der Waals surface area contributed by atoms with Crippen LogP contribution in [0.4, 0.5) is 0 Å². The van der Waals surface area contributed by atoms with Crippen LogP contribution in [0.5, 0.6) is 0 Å². The zero-order valence-electron chi connectivity index (χ0n) is 6.96. The summed E-state index contributed by atoms with van der Waals surface area (Å²) in [7, 11) is 0. The lowest BCUT2D eigenvalue weighted by Gasteiger charge is -2.24. The minimum Gasteiger partial charge on any atom is -0.460 e. The first-order valence-electron chi connectivity index (χ1n) is 3.92. The Balaban J connectivity index is 2.51. The molecule has 1 fully saturated rings. The number of aliphatic hydroxyl groups is 1. The summed E-state index contributed by atoms with van der Waals surface area (Å²) in [6.45, 7) is 3.09. The van der Waals surface area contributed by atoms with Crippen LogP contribution in [0.1, 0.15) is 33.1 Å². The fourth-order valence-corrected chi connectivity index (χ4v) is 1.50. The number of esters is 1. The van der Waals surface area contributed by atoms with E-state index >= 15 is 0 Å². The van der Waals surface area contributed by atoms with E-state index in [9.17, 15) is 9.90 Å². The first-order chi connectivity index (χ1) is 5.02. The molecular weight excluding hydrogens is 144 g/mol. The van der Waals surface area contributed by atoms with Crippen molar-refractivity contribution in [2.24, 2.45) is 0 Å². The van der Waals surface area contributed by atoms with E-state index < -0.39 is 5.60 Å². The van der Waals surface area contributed by atoms with E-state index in [0.717, 1.165) is 19.3 Å². The minimum absolute atomic E-state index is 0.292. The highest BCUT2D eigenvalue weighted by molar-refractivity contribution is 5.66. The molecule has 2 atom stereocenters. The number of ether oxygens (including phenoxy) is 1. The molecule has 0 amide bonds. The van der Waals surface area contributed by atoms with Crippen LogP contribution in [0.25, 0.3) is 0 Å². The molecule has 1 N–H and O–H groups in total. The Morgan fingerprint density at radius 3 is 2.73 bits per heavy atom. The Morgan fingerprint density at radius 2 is 2.36 bits per heavy atom.